The smallest absolute Gasteiger partial charge is 0.180 e. The molecule has 1 fully saturated rings. The Balaban J connectivity index is 1.76. The number of benzene rings is 2. The topological polar surface area (TPSA) is 70.4 Å². The first kappa shape index (κ1) is 17.2. The number of nitriles is 1. The van der Waals surface area contributed by atoms with Gasteiger partial charge in [-0.2, -0.15) is 5.26 Å². The zero-order valence-corrected chi connectivity index (χ0v) is 15.8. The SMILES string of the molecule is CC1CN2c3ccc(C#N)cc3CC3(C(=O)c4ccccc4C3=O)C2C(C)O1. The number of ketones is 2. The van der Waals surface area contributed by atoms with Crippen LogP contribution < -0.4 is 4.90 Å². The van der Waals surface area contributed by atoms with E-state index in [0.29, 0.717) is 29.7 Å². The molecular weight excluding hydrogens is 352 g/mol. The number of anilines is 1. The van der Waals surface area contributed by atoms with Crippen molar-refractivity contribution in [1.82, 2.24) is 0 Å². The Hall–Kier alpha value is -2.97. The fraction of sp³-hybridized carbons (Fsp3) is 0.348. The summed E-state index contributed by atoms with van der Waals surface area (Å²) < 4.78 is 6.10. The van der Waals surface area contributed by atoms with E-state index in [-0.39, 0.29) is 29.8 Å². The number of rotatable bonds is 0. The van der Waals surface area contributed by atoms with E-state index in [0.717, 1.165) is 11.3 Å². The van der Waals surface area contributed by atoms with Crippen molar-refractivity contribution in [1.29, 1.82) is 5.26 Å². The van der Waals surface area contributed by atoms with Crippen molar-refractivity contribution in [2.24, 2.45) is 5.41 Å². The summed E-state index contributed by atoms with van der Waals surface area (Å²) in [4.78, 5) is 29.5. The Morgan fingerprint density at radius 1 is 1.11 bits per heavy atom. The molecule has 5 heteroatoms. The molecule has 3 aliphatic rings. The van der Waals surface area contributed by atoms with Crippen LogP contribution in [0.3, 0.4) is 0 Å². The molecule has 3 atom stereocenters. The van der Waals surface area contributed by atoms with Gasteiger partial charge in [-0.25, -0.2) is 0 Å². The van der Waals surface area contributed by atoms with Gasteiger partial charge in [-0.15, -0.1) is 0 Å². The Morgan fingerprint density at radius 3 is 2.43 bits per heavy atom. The predicted octanol–water partition coefficient (Wildman–Crippen LogP) is 3.16. The molecule has 28 heavy (non-hydrogen) atoms. The molecule has 0 N–H and O–H groups in total. The van der Waals surface area contributed by atoms with E-state index in [4.69, 9.17) is 4.74 Å². The molecule has 1 aliphatic carbocycles. The molecule has 0 radical (unpaired) electrons. The molecule has 2 aromatic carbocycles. The summed E-state index contributed by atoms with van der Waals surface area (Å²) in [5.41, 5.74) is 2.21. The van der Waals surface area contributed by atoms with Crippen LogP contribution in [0.15, 0.2) is 42.5 Å². The average Bonchev–Trinajstić information content (AvgIpc) is 2.90. The molecule has 140 valence electrons. The molecule has 5 rings (SSSR count). The molecule has 0 aromatic heterocycles. The van der Waals surface area contributed by atoms with Gasteiger partial charge in [0.25, 0.3) is 0 Å². The minimum atomic E-state index is -1.20. The van der Waals surface area contributed by atoms with Crippen molar-refractivity contribution in [2.75, 3.05) is 11.4 Å². The van der Waals surface area contributed by atoms with Crippen molar-refractivity contribution in [3.8, 4) is 6.07 Å². The van der Waals surface area contributed by atoms with Crippen LogP contribution in [-0.2, 0) is 11.2 Å². The van der Waals surface area contributed by atoms with Crippen LogP contribution in [-0.4, -0.2) is 36.4 Å². The molecular formula is C23H20N2O3. The van der Waals surface area contributed by atoms with E-state index >= 15 is 0 Å². The second-order valence-electron chi connectivity index (χ2n) is 8.06. The highest BCUT2D eigenvalue weighted by Gasteiger charge is 2.63. The maximum atomic E-state index is 13.7. The molecule has 2 heterocycles. The van der Waals surface area contributed by atoms with E-state index in [9.17, 15) is 14.9 Å². The lowest BCUT2D eigenvalue weighted by Crippen LogP contribution is -2.67. The highest BCUT2D eigenvalue weighted by atomic mass is 16.5. The van der Waals surface area contributed by atoms with E-state index in [2.05, 4.69) is 11.0 Å². The van der Waals surface area contributed by atoms with Gasteiger partial charge >= 0.3 is 0 Å². The van der Waals surface area contributed by atoms with Crippen LogP contribution in [0.2, 0.25) is 0 Å². The molecule has 1 saturated heterocycles. The first-order valence-corrected chi connectivity index (χ1v) is 9.61. The average molecular weight is 372 g/mol. The van der Waals surface area contributed by atoms with E-state index < -0.39 is 5.41 Å². The number of carbonyl (C=O) groups is 2. The van der Waals surface area contributed by atoms with Crippen molar-refractivity contribution in [2.45, 2.75) is 38.5 Å². The minimum Gasteiger partial charge on any atom is -0.372 e. The molecule has 0 amide bonds. The Kier molecular flexibility index (Phi) is 3.53. The van der Waals surface area contributed by atoms with Gasteiger partial charge in [0, 0.05) is 23.4 Å². The van der Waals surface area contributed by atoms with Gasteiger partial charge in [0.15, 0.2) is 11.6 Å². The number of carbonyl (C=O) groups excluding carboxylic acids is 2. The van der Waals surface area contributed by atoms with Crippen LogP contribution in [0.5, 0.6) is 0 Å². The number of morpholine rings is 1. The number of fused-ring (bicyclic) bond motifs is 5. The second kappa shape index (κ2) is 5.76. The van der Waals surface area contributed by atoms with Crippen molar-refractivity contribution < 1.29 is 14.3 Å². The molecule has 0 bridgehead atoms. The van der Waals surface area contributed by atoms with Crippen LogP contribution in [0, 0.1) is 16.7 Å². The summed E-state index contributed by atoms with van der Waals surface area (Å²) >= 11 is 0. The van der Waals surface area contributed by atoms with Crippen LogP contribution in [0.4, 0.5) is 5.69 Å². The number of nitrogens with zero attached hydrogens (tertiary/aromatic N) is 2. The van der Waals surface area contributed by atoms with Crippen LogP contribution in [0.25, 0.3) is 0 Å². The van der Waals surface area contributed by atoms with Gasteiger partial charge in [-0.1, -0.05) is 24.3 Å². The van der Waals surface area contributed by atoms with Gasteiger partial charge in [0.2, 0.25) is 0 Å². The lowest BCUT2D eigenvalue weighted by Gasteiger charge is -2.54. The zero-order valence-electron chi connectivity index (χ0n) is 15.8. The normalized spacial score (nSPS) is 27.2. The van der Waals surface area contributed by atoms with Gasteiger partial charge in [0.1, 0.15) is 5.41 Å². The molecule has 2 aliphatic heterocycles. The standard InChI is InChI=1S/C23H20N2O3/c1-13-12-25-19-8-7-15(11-24)9-16(19)10-23(20(25)14(2)28-13)21(26)17-5-3-4-6-18(17)22(23)27/h3-9,13-14,20H,10,12H2,1-2H3. The van der Waals surface area contributed by atoms with Gasteiger partial charge in [-0.3, -0.25) is 9.59 Å². The summed E-state index contributed by atoms with van der Waals surface area (Å²) in [7, 11) is 0. The fourth-order valence-corrected chi connectivity index (χ4v) is 5.42. The van der Waals surface area contributed by atoms with Gasteiger partial charge in [0.05, 0.1) is 29.9 Å². The lowest BCUT2D eigenvalue weighted by atomic mass is 9.65. The Labute approximate surface area is 163 Å². The first-order valence-electron chi connectivity index (χ1n) is 9.61. The van der Waals surface area contributed by atoms with E-state index in [1.165, 1.54) is 0 Å². The number of Topliss-reactive ketones (excluding diaryl/α,β-unsaturated/α-hetero) is 2. The summed E-state index contributed by atoms with van der Waals surface area (Å²) in [6, 6.07) is 14.5. The second-order valence-corrected chi connectivity index (χ2v) is 8.06. The minimum absolute atomic E-state index is 0.0149. The van der Waals surface area contributed by atoms with Crippen LogP contribution in [0.1, 0.15) is 45.7 Å². The summed E-state index contributed by atoms with van der Waals surface area (Å²) in [6.07, 6.45) is 0.0154. The predicted molar refractivity (Wildman–Crippen MR) is 104 cm³/mol. The third-order valence-electron chi connectivity index (χ3n) is 6.40. The highest BCUT2D eigenvalue weighted by molar-refractivity contribution is 6.30. The van der Waals surface area contributed by atoms with E-state index in [1.807, 2.05) is 26.0 Å². The fourth-order valence-electron chi connectivity index (χ4n) is 5.42. The summed E-state index contributed by atoms with van der Waals surface area (Å²) in [5, 5.41) is 9.34. The third kappa shape index (κ3) is 2.04. The zero-order chi connectivity index (χ0) is 19.6. The molecule has 3 unspecified atom stereocenters. The quantitative estimate of drug-likeness (QED) is 0.665. The van der Waals surface area contributed by atoms with Crippen molar-refractivity contribution in [3.63, 3.8) is 0 Å². The van der Waals surface area contributed by atoms with Gasteiger partial charge in [-0.05, 0) is 44.0 Å². The summed E-state index contributed by atoms with van der Waals surface area (Å²) in [6.45, 7) is 4.56. The Bertz CT molecular complexity index is 1030. The largest absolute Gasteiger partial charge is 0.372 e. The monoisotopic (exact) mass is 372 g/mol. The molecule has 1 spiro atoms. The highest BCUT2D eigenvalue weighted by Crippen LogP contribution is 2.51. The molecule has 2 aromatic rings. The van der Waals surface area contributed by atoms with Crippen molar-refractivity contribution >= 4 is 17.3 Å². The van der Waals surface area contributed by atoms with E-state index in [1.54, 1.807) is 30.3 Å². The first-order chi connectivity index (χ1) is 13.5. The number of hydrogen-bond acceptors (Lipinski definition) is 5. The lowest BCUT2D eigenvalue weighted by molar-refractivity contribution is -0.0524. The van der Waals surface area contributed by atoms with Gasteiger partial charge < -0.3 is 9.64 Å². The van der Waals surface area contributed by atoms with Crippen LogP contribution >= 0.6 is 0 Å². The summed E-state index contributed by atoms with van der Waals surface area (Å²) in [5.74, 6) is -0.248. The number of hydrogen-bond donors (Lipinski definition) is 0. The van der Waals surface area contributed by atoms with Crippen molar-refractivity contribution in [3.05, 3.63) is 64.7 Å². The maximum absolute atomic E-state index is 13.7. The molecule has 0 saturated carbocycles. The Morgan fingerprint density at radius 2 is 1.79 bits per heavy atom. The molecule has 5 nitrogen and oxygen atoms in total. The maximum Gasteiger partial charge on any atom is 0.180 e. The third-order valence-corrected chi connectivity index (χ3v) is 6.40. The number of ether oxygens (including phenoxy) is 1.